The van der Waals surface area contributed by atoms with Gasteiger partial charge in [0.25, 0.3) is 11.7 Å². The third-order valence-electron chi connectivity index (χ3n) is 3.11. The molecule has 0 radical (unpaired) electrons. The lowest BCUT2D eigenvalue weighted by Crippen LogP contribution is -2.47. The van der Waals surface area contributed by atoms with Crippen LogP contribution in [0.15, 0.2) is 18.2 Å². The molecule has 3 rings (SSSR count). The predicted octanol–water partition coefficient (Wildman–Crippen LogP) is 1.34. The van der Waals surface area contributed by atoms with E-state index in [4.69, 9.17) is 4.74 Å². The van der Waals surface area contributed by atoms with Crippen molar-refractivity contribution in [2.24, 2.45) is 0 Å². The standard InChI is InChI=1S/C12H11NO3S/c1-16-8-2-3-10-9(4-8)11(14)12(15)13(10)7-5-17-6-7/h2-4,7H,5-6H2,1H3. The summed E-state index contributed by atoms with van der Waals surface area (Å²) in [6, 6.07) is 5.39. The summed E-state index contributed by atoms with van der Waals surface area (Å²) in [5.41, 5.74) is 1.19. The van der Waals surface area contributed by atoms with Gasteiger partial charge in [0.1, 0.15) is 5.75 Å². The zero-order valence-electron chi connectivity index (χ0n) is 9.30. The first kappa shape index (κ1) is 10.7. The zero-order valence-corrected chi connectivity index (χ0v) is 10.1. The van der Waals surface area contributed by atoms with Crippen molar-refractivity contribution in [2.75, 3.05) is 23.5 Å². The number of ether oxygens (including phenoxy) is 1. The van der Waals surface area contributed by atoms with E-state index < -0.39 is 11.7 Å². The number of nitrogens with zero attached hydrogens (tertiary/aromatic N) is 1. The summed E-state index contributed by atoms with van der Waals surface area (Å²) in [7, 11) is 1.54. The predicted molar refractivity (Wildman–Crippen MR) is 65.9 cm³/mol. The van der Waals surface area contributed by atoms with Crippen molar-refractivity contribution in [1.29, 1.82) is 0 Å². The molecule has 0 aliphatic carbocycles. The Kier molecular flexibility index (Phi) is 2.36. The van der Waals surface area contributed by atoms with Gasteiger partial charge in [-0.05, 0) is 18.2 Å². The van der Waals surface area contributed by atoms with Gasteiger partial charge in [0, 0.05) is 11.5 Å². The zero-order chi connectivity index (χ0) is 12.0. The van der Waals surface area contributed by atoms with Crippen molar-refractivity contribution < 1.29 is 14.3 Å². The molecule has 5 heteroatoms. The van der Waals surface area contributed by atoms with Gasteiger partial charge in [0.15, 0.2) is 0 Å². The lowest BCUT2D eigenvalue weighted by molar-refractivity contribution is -0.114. The molecule has 0 unspecified atom stereocenters. The summed E-state index contributed by atoms with van der Waals surface area (Å²) >= 11 is 1.79. The number of methoxy groups -OCH3 is 1. The number of hydrogen-bond acceptors (Lipinski definition) is 4. The molecule has 0 bridgehead atoms. The highest BCUT2D eigenvalue weighted by Gasteiger charge is 2.42. The van der Waals surface area contributed by atoms with E-state index in [1.807, 2.05) is 0 Å². The fraction of sp³-hybridized carbons (Fsp3) is 0.333. The van der Waals surface area contributed by atoms with Gasteiger partial charge in [-0.3, -0.25) is 9.59 Å². The quantitative estimate of drug-likeness (QED) is 0.742. The molecular weight excluding hydrogens is 238 g/mol. The van der Waals surface area contributed by atoms with Crippen LogP contribution in [0, 0.1) is 0 Å². The van der Waals surface area contributed by atoms with Crippen LogP contribution in [0.1, 0.15) is 10.4 Å². The van der Waals surface area contributed by atoms with E-state index in [0.717, 1.165) is 17.2 Å². The van der Waals surface area contributed by atoms with Crippen LogP contribution >= 0.6 is 11.8 Å². The van der Waals surface area contributed by atoms with Gasteiger partial charge in [-0.15, -0.1) is 0 Å². The molecule has 0 N–H and O–H groups in total. The lowest BCUT2D eigenvalue weighted by atomic mass is 10.1. The maximum absolute atomic E-state index is 11.9. The molecule has 1 saturated heterocycles. The Bertz CT molecular complexity index is 510. The van der Waals surface area contributed by atoms with Gasteiger partial charge < -0.3 is 9.64 Å². The molecule has 2 aliphatic rings. The van der Waals surface area contributed by atoms with E-state index in [2.05, 4.69) is 0 Å². The van der Waals surface area contributed by atoms with E-state index in [-0.39, 0.29) is 6.04 Å². The summed E-state index contributed by atoms with van der Waals surface area (Å²) in [5, 5.41) is 0. The van der Waals surface area contributed by atoms with Crippen molar-refractivity contribution >= 4 is 29.1 Å². The fourth-order valence-corrected chi connectivity index (χ4v) is 2.85. The van der Waals surface area contributed by atoms with E-state index in [1.165, 1.54) is 0 Å². The highest BCUT2D eigenvalue weighted by molar-refractivity contribution is 8.00. The summed E-state index contributed by atoms with van der Waals surface area (Å²) in [5.74, 6) is 1.60. The number of carbonyl (C=O) groups excluding carboxylic acids is 2. The Morgan fingerprint density at radius 2 is 2.12 bits per heavy atom. The molecule has 2 aliphatic heterocycles. The van der Waals surface area contributed by atoms with Gasteiger partial charge in [-0.2, -0.15) is 11.8 Å². The Morgan fingerprint density at radius 3 is 2.71 bits per heavy atom. The number of Topliss-reactive ketones (excluding diaryl/α,β-unsaturated/α-hetero) is 1. The Balaban J connectivity index is 2.06. The number of ketones is 1. The number of carbonyl (C=O) groups is 2. The Hall–Kier alpha value is -1.49. The molecule has 0 aromatic heterocycles. The summed E-state index contributed by atoms with van der Waals surface area (Å²) < 4.78 is 5.07. The number of rotatable bonds is 2. The van der Waals surface area contributed by atoms with Crippen LogP contribution in [0.25, 0.3) is 0 Å². The fourth-order valence-electron chi connectivity index (χ4n) is 2.10. The number of anilines is 1. The maximum Gasteiger partial charge on any atom is 0.299 e. The number of hydrogen-bond donors (Lipinski definition) is 0. The molecule has 0 spiro atoms. The van der Waals surface area contributed by atoms with E-state index in [0.29, 0.717) is 11.3 Å². The third-order valence-corrected chi connectivity index (χ3v) is 4.35. The van der Waals surface area contributed by atoms with Gasteiger partial charge in [0.05, 0.1) is 24.4 Å². The minimum Gasteiger partial charge on any atom is -0.497 e. The molecular formula is C12H11NO3S. The Morgan fingerprint density at radius 1 is 1.35 bits per heavy atom. The van der Waals surface area contributed by atoms with Crippen LogP contribution in [-0.2, 0) is 4.79 Å². The average Bonchev–Trinajstić information content (AvgIpc) is 2.52. The van der Waals surface area contributed by atoms with Gasteiger partial charge >= 0.3 is 0 Å². The number of thioether (sulfide) groups is 1. The summed E-state index contributed by atoms with van der Waals surface area (Å²) in [6.07, 6.45) is 0. The molecule has 4 nitrogen and oxygen atoms in total. The van der Waals surface area contributed by atoms with Crippen LogP contribution in [0.4, 0.5) is 5.69 Å². The molecule has 0 saturated carbocycles. The third kappa shape index (κ3) is 1.45. The summed E-state index contributed by atoms with van der Waals surface area (Å²) in [6.45, 7) is 0. The van der Waals surface area contributed by atoms with Crippen LogP contribution in [0.2, 0.25) is 0 Å². The van der Waals surface area contributed by atoms with Crippen LogP contribution < -0.4 is 9.64 Å². The van der Waals surface area contributed by atoms with Gasteiger partial charge in [-0.25, -0.2) is 0 Å². The number of fused-ring (bicyclic) bond motifs is 1. The lowest BCUT2D eigenvalue weighted by Gasteiger charge is -2.33. The smallest absolute Gasteiger partial charge is 0.299 e. The monoisotopic (exact) mass is 249 g/mol. The first-order chi connectivity index (χ1) is 8.22. The molecule has 17 heavy (non-hydrogen) atoms. The molecule has 1 aromatic carbocycles. The van der Waals surface area contributed by atoms with E-state index in [9.17, 15) is 9.59 Å². The number of amides is 1. The van der Waals surface area contributed by atoms with E-state index >= 15 is 0 Å². The first-order valence-electron chi connectivity index (χ1n) is 5.36. The van der Waals surface area contributed by atoms with Gasteiger partial charge in [0.2, 0.25) is 0 Å². The number of benzene rings is 1. The molecule has 88 valence electrons. The summed E-state index contributed by atoms with van der Waals surface area (Å²) in [4.78, 5) is 25.4. The minimum atomic E-state index is -0.421. The second kappa shape index (κ2) is 3.77. The van der Waals surface area contributed by atoms with Crippen molar-refractivity contribution in [1.82, 2.24) is 0 Å². The molecule has 1 fully saturated rings. The topological polar surface area (TPSA) is 46.6 Å². The van der Waals surface area contributed by atoms with Crippen molar-refractivity contribution in [3.05, 3.63) is 23.8 Å². The van der Waals surface area contributed by atoms with Crippen LogP contribution in [0.3, 0.4) is 0 Å². The second-order valence-electron chi connectivity index (χ2n) is 4.08. The first-order valence-corrected chi connectivity index (χ1v) is 6.51. The molecule has 1 aromatic rings. The normalized spacial score (nSPS) is 19.2. The van der Waals surface area contributed by atoms with Gasteiger partial charge in [-0.1, -0.05) is 0 Å². The second-order valence-corrected chi connectivity index (χ2v) is 5.15. The SMILES string of the molecule is COc1ccc2c(c1)C(=O)C(=O)N2C1CSC1. The molecule has 0 atom stereocenters. The maximum atomic E-state index is 11.9. The largest absolute Gasteiger partial charge is 0.497 e. The van der Waals surface area contributed by atoms with Crippen LogP contribution in [-0.4, -0.2) is 36.3 Å². The van der Waals surface area contributed by atoms with Crippen molar-refractivity contribution in [3.63, 3.8) is 0 Å². The van der Waals surface area contributed by atoms with E-state index in [1.54, 1.807) is 42.0 Å². The Labute approximate surface area is 103 Å². The van der Waals surface area contributed by atoms with Crippen molar-refractivity contribution in [2.45, 2.75) is 6.04 Å². The highest BCUT2D eigenvalue weighted by Crippen LogP contribution is 2.37. The minimum absolute atomic E-state index is 0.172. The van der Waals surface area contributed by atoms with Crippen molar-refractivity contribution in [3.8, 4) is 5.75 Å². The molecule has 2 heterocycles. The highest BCUT2D eigenvalue weighted by atomic mass is 32.2. The average molecular weight is 249 g/mol. The molecule has 1 amide bonds. The van der Waals surface area contributed by atoms with Crippen LogP contribution in [0.5, 0.6) is 5.75 Å².